The lowest BCUT2D eigenvalue weighted by atomic mass is 10.4. The molecule has 0 aromatic carbocycles. The van der Waals surface area contributed by atoms with E-state index in [1.54, 1.807) is 11.4 Å². The molecule has 0 saturated heterocycles. The van der Waals surface area contributed by atoms with Crippen molar-refractivity contribution in [2.45, 2.75) is 11.3 Å². The Kier molecular flexibility index (Phi) is 5.52. The molecule has 1 amide bonds. The van der Waals surface area contributed by atoms with Gasteiger partial charge in [0.1, 0.15) is 4.88 Å². The molecular weight excluding hydrogens is 260 g/mol. The Morgan fingerprint density at radius 1 is 1.59 bits per heavy atom. The van der Waals surface area contributed by atoms with Crippen LogP contribution in [0.3, 0.4) is 0 Å². The number of nitrogens with zero attached hydrogens (tertiary/aromatic N) is 1. The highest BCUT2D eigenvalue weighted by Gasteiger charge is 2.08. The molecule has 0 spiro atoms. The fourth-order valence-corrected chi connectivity index (χ4v) is 2.66. The first-order valence-corrected chi connectivity index (χ1v) is 6.58. The number of amides is 1. The molecule has 0 aliphatic carbocycles. The van der Waals surface area contributed by atoms with Gasteiger partial charge in [-0.2, -0.15) is 5.26 Å². The van der Waals surface area contributed by atoms with Gasteiger partial charge in [-0.15, -0.1) is 23.1 Å². The second-order valence-corrected chi connectivity index (χ2v) is 4.96. The SMILES string of the molecule is N#CCCNC(=O)CSc1csc(C(=O)O)c1. The normalized spacial score (nSPS) is 9.59. The van der Waals surface area contributed by atoms with E-state index in [9.17, 15) is 9.59 Å². The third-order valence-electron chi connectivity index (χ3n) is 1.72. The summed E-state index contributed by atoms with van der Waals surface area (Å²) in [5.74, 6) is -0.894. The van der Waals surface area contributed by atoms with Crippen molar-refractivity contribution in [1.82, 2.24) is 5.32 Å². The van der Waals surface area contributed by atoms with Crippen molar-refractivity contribution >= 4 is 35.0 Å². The quantitative estimate of drug-likeness (QED) is 0.605. The summed E-state index contributed by atoms with van der Waals surface area (Å²) in [6, 6.07) is 3.47. The van der Waals surface area contributed by atoms with Crippen molar-refractivity contribution in [3.05, 3.63) is 16.3 Å². The molecule has 1 aromatic rings. The highest BCUT2D eigenvalue weighted by molar-refractivity contribution is 8.00. The summed E-state index contributed by atoms with van der Waals surface area (Å²) < 4.78 is 0. The molecule has 0 fully saturated rings. The summed E-state index contributed by atoms with van der Waals surface area (Å²) in [6.07, 6.45) is 0.290. The standard InChI is InChI=1S/C10H10N2O3S2/c11-2-1-3-12-9(13)6-16-7-4-8(10(14)15)17-5-7/h4-5H,1,3,6H2,(H,12,13)(H,14,15). The molecule has 0 atom stereocenters. The van der Waals surface area contributed by atoms with Crippen LogP contribution in [0, 0.1) is 11.3 Å². The number of carboxylic acid groups (broad SMARTS) is 1. The first-order chi connectivity index (χ1) is 8.13. The molecule has 0 bridgehead atoms. The van der Waals surface area contributed by atoms with Gasteiger partial charge in [0.25, 0.3) is 0 Å². The summed E-state index contributed by atoms with van der Waals surface area (Å²) in [6.45, 7) is 0.347. The minimum absolute atomic E-state index is 0.159. The third-order valence-corrected chi connectivity index (χ3v) is 3.76. The number of carbonyl (C=O) groups is 2. The molecule has 7 heteroatoms. The Hall–Kier alpha value is -1.52. The molecule has 1 rings (SSSR count). The van der Waals surface area contributed by atoms with E-state index >= 15 is 0 Å². The number of hydrogen-bond acceptors (Lipinski definition) is 5. The van der Waals surface area contributed by atoms with E-state index < -0.39 is 5.97 Å². The van der Waals surface area contributed by atoms with Crippen LogP contribution in [-0.2, 0) is 4.79 Å². The molecule has 5 nitrogen and oxygen atoms in total. The highest BCUT2D eigenvalue weighted by atomic mass is 32.2. The van der Waals surface area contributed by atoms with Gasteiger partial charge in [-0.05, 0) is 6.07 Å². The van der Waals surface area contributed by atoms with Gasteiger partial charge in [-0.3, -0.25) is 4.79 Å². The van der Waals surface area contributed by atoms with Crippen LogP contribution in [0.5, 0.6) is 0 Å². The van der Waals surface area contributed by atoms with Gasteiger partial charge in [-0.1, -0.05) is 0 Å². The Morgan fingerprint density at radius 2 is 2.35 bits per heavy atom. The lowest BCUT2D eigenvalue weighted by Gasteiger charge is -2.00. The van der Waals surface area contributed by atoms with Crippen molar-refractivity contribution in [3.8, 4) is 6.07 Å². The van der Waals surface area contributed by atoms with Crippen LogP contribution >= 0.6 is 23.1 Å². The monoisotopic (exact) mass is 270 g/mol. The van der Waals surface area contributed by atoms with Gasteiger partial charge in [0.05, 0.1) is 18.2 Å². The highest BCUT2D eigenvalue weighted by Crippen LogP contribution is 2.24. The van der Waals surface area contributed by atoms with Gasteiger partial charge in [-0.25, -0.2) is 4.79 Å². The lowest BCUT2D eigenvalue weighted by molar-refractivity contribution is -0.118. The first-order valence-electron chi connectivity index (χ1n) is 4.71. The molecule has 0 radical (unpaired) electrons. The van der Waals surface area contributed by atoms with E-state index in [4.69, 9.17) is 10.4 Å². The summed E-state index contributed by atoms with van der Waals surface area (Å²) in [5, 5.41) is 21.3. The maximum absolute atomic E-state index is 11.3. The van der Waals surface area contributed by atoms with Crippen LogP contribution in [0.4, 0.5) is 0 Å². The van der Waals surface area contributed by atoms with Crippen molar-refractivity contribution in [2.24, 2.45) is 0 Å². The number of carboxylic acids is 1. The molecular formula is C10H10N2O3S2. The van der Waals surface area contributed by atoms with Gasteiger partial charge in [0, 0.05) is 16.8 Å². The molecule has 0 unspecified atom stereocenters. The fourth-order valence-electron chi connectivity index (χ4n) is 0.964. The van der Waals surface area contributed by atoms with Crippen LogP contribution in [0.1, 0.15) is 16.1 Å². The molecule has 0 saturated carbocycles. The van der Waals surface area contributed by atoms with E-state index in [2.05, 4.69) is 5.32 Å². The number of nitrogens with one attached hydrogen (secondary N) is 1. The molecule has 2 N–H and O–H groups in total. The minimum Gasteiger partial charge on any atom is -0.477 e. The third kappa shape index (κ3) is 4.89. The second kappa shape index (κ2) is 6.93. The summed E-state index contributed by atoms with van der Waals surface area (Å²) in [5.41, 5.74) is 0. The molecule has 0 aliphatic heterocycles. The van der Waals surface area contributed by atoms with E-state index in [1.165, 1.54) is 11.8 Å². The molecule has 1 heterocycles. The largest absolute Gasteiger partial charge is 0.477 e. The Labute approximate surface area is 106 Å². The maximum atomic E-state index is 11.3. The van der Waals surface area contributed by atoms with Crippen LogP contribution in [-0.4, -0.2) is 29.3 Å². The van der Waals surface area contributed by atoms with E-state index in [1.807, 2.05) is 6.07 Å². The Balaban J connectivity index is 2.32. The number of rotatable bonds is 6. The van der Waals surface area contributed by atoms with Crippen LogP contribution in [0.15, 0.2) is 16.3 Å². The number of carbonyl (C=O) groups excluding carboxylic acids is 1. The average molecular weight is 270 g/mol. The van der Waals surface area contributed by atoms with Crippen molar-refractivity contribution < 1.29 is 14.7 Å². The molecule has 17 heavy (non-hydrogen) atoms. The van der Waals surface area contributed by atoms with Crippen molar-refractivity contribution in [1.29, 1.82) is 5.26 Å². The number of thioether (sulfide) groups is 1. The van der Waals surface area contributed by atoms with Crippen LogP contribution < -0.4 is 5.32 Å². The predicted octanol–water partition coefficient (Wildman–Crippen LogP) is 1.57. The predicted molar refractivity (Wildman–Crippen MR) is 65.2 cm³/mol. The number of thiophene rings is 1. The van der Waals surface area contributed by atoms with Gasteiger partial charge >= 0.3 is 5.97 Å². The first kappa shape index (κ1) is 13.5. The van der Waals surface area contributed by atoms with Gasteiger partial charge in [0.15, 0.2) is 0 Å². The van der Waals surface area contributed by atoms with E-state index in [0.717, 1.165) is 16.2 Å². The summed E-state index contributed by atoms with van der Waals surface area (Å²) >= 11 is 2.41. The van der Waals surface area contributed by atoms with Crippen LogP contribution in [0.2, 0.25) is 0 Å². The number of nitriles is 1. The van der Waals surface area contributed by atoms with Crippen LogP contribution in [0.25, 0.3) is 0 Å². The van der Waals surface area contributed by atoms with Gasteiger partial charge < -0.3 is 10.4 Å². The number of hydrogen-bond donors (Lipinski definition) is 2. The smallest absolute Gasteiger partial charge is 0.345 e. The topological polar surface area (TPSA) is 90.2 Å². The maximum Gasteiger partial charge on any atom is 0.345 e. The van der Waals surface area contributed by atoms with Crippen molar-refractivity contribution in [3.63, 3.8) is 0 Å². The zero-order chi connectivity index (χ0) is 12.7. The minimum atomic E-state index is -0.958. The molecule has 0 aliphatic rings. The van der Waals surface area contributed by atoms with Gasteiger partial charge in [0.2, 0.25) is 5.91 Å². The second-order valence-electron chi connectivity index (χ2n) is 3.00. The average Bonchev–Trinajstić information content (AvgIpc) is 2.75. The zero-order valence-corrected chi connectivity index (χ0v) is 10.4. The van der Waals surface area contributed by atoms with E-state index in [0.29, 0.717) is 6.54 Å². The zero-order valence-electron chi connectivity index (χ0n) is 8.80. The Bertz CT molecular complexity index is 451. The van der Waals surface area contributed by atoms with Crippen molar-refractivity contribution in [2.75, 3.05) is 12.3 Å². The lowest BCUT2D eigenvalue weighted by Crippen LogP contribution is -2.25. The number of aromatic carboxylic acids is 1. The van der Waals surface area contributed by atoms with E-state index in [-0.39, 0.29) is 23.0 Å². The summed E-state index contributed by atoms with van der Waals surface area (Å²) in [7, 11) is 0. The fraction of sp³-hybridized carbons (Fsp3) is 0.300. The Morgan fingerprint density at radius 3 is 2.94 bits per heavy atom. The molecule has 90 valence electrons. The molecule has 1 aromatic heterocycles. The summed E-state index contributed by atoms with van der Waals surface area (Å²) in [4.78, 5) is 22.9.